The Hall–Kier alpha value is -1.06. The molecule has 0 aliphatic heterocycles. The minimum absolute atomic E-state index is 0.254. The summed E-state index contributed by atoms with van der Waals surface area (Å²) >= 11 is 0. The van der Waals surface area contributed by atoms with Crippen LogP contribution in [0.1, 0.15) is 52.9 Å². The predicted octanol–water partition coefficient (Wildman–Crippen LogP) is 3.01. The maximum absolute atomic E-state index is 11.1. The van der Waals surface area contributed by atoms with Crippen molar-refractivity contribution >= 4 is 11.9 Å². The van der Waals surface area contributed by atoms with Crippen LogP contribution in [0.15, 0.2) is 0 Å². The van der Waals surface area contributed by atoms with Gasteiger partial charge in [-0.25, -0.2) is 0 Å². The molecule has 1 atom stereocenters. The van der Waals surface area contributed by atoms with E-state index in [-0.39, 0.29) is 11.3 Å². The van der Waals surface area contributed by atoms with Crippen LogP contribution in [0.2, 0.25) is 0 Å². The van der Waals surface area contributed by atoms with Crippen molar-refractivity contribution in [3.63, 3.8) is 0 Å². The minimum atomic E-state index is -1.30. The topological polar surface area (TPSA) is 74.6 Å². The Labute approximate surface area is 108 Å². The summed E-state index contributed by atoms with van der Waals surface area (Å²) in [5.41, 5.74) is -0.254. The molecule has 0 amide bonds. The Kier molecular flexibility index (Phi) is 4.77. The number of hydrogen-bond donors (Lipinski definition) is 2. The largest absolute Gasteiger partial charge is 0.481 e. The number of carboxylic acid groups (broad SMARTS) is 2. The first-order valence-corrected chi connectivity index (χ1v) is 6.71. The molecule has 1 aliphatic rings. The Morgan fingerprint density at radius 2 is 1.61 bits per heavy atom. The Bertz CT molecular complexity index is 302. The van der Waals surface area contributed by atoms with Gasteiger partial charge >= 0.3 is 11.9 Å². The van der Waals surface area contributed by atoms with Crippen molar-refractivity contribution in [3.8, 4) is 0 Å². The Morgan fingerprint density at radius 3 is 2.00 bits per heavy atom. The van der Waals surface area contributed by atoms with Crippen molar-refractivity contribution in [2.75, 3.05) is 0 Å². The average molecular weight is 256 g/mol. The lowest BCUT2D eigenvalue weighted by molar-refractivity contribution is -0.159. The molecule has 0 aromatic heterocycles. The van der Waals surface area contributed by atoms with E-state index in [1.807, 2.05) is 13.8 Å². The van der Waals surface area contributed by atoms with E-state index in [2.05, 4.69) is 0 Å². The zero-order valence-corrected chi connectivity index (χ0v) is 11.5. The summed E-state index contributed by atoms with van der Waals surface area (Å²) in [4.78, 5) is 22.2. The molecule has 18 heavy (non-hydrogen) atoms. The minimum Gasteiger partial charge on any atom is -0.481 e. The van der Waals surface area contributed by atoms with E-state index in [0.29, 0.717) is 5.92 Å². The predicted molar refractivity (Wildman–Crippen MR) is 68.3 cm³/mol. The summed E-state index contributed by atoms with van der Waals surface area (Å²) in [6, 6.07) is 0. The van der Waals surface area contributed by atoms with E-state index in [1.165, 1.54) is 25.7 Å². The normalized spacial score (nSPS) is 19.1. The lowest BCUT2D eigenvalue weighted by Gasteiger charge is -2.36. The third-order valence-corrected chi connectivity index (χ3v) is 4.55. The Morgan fingerprint density at radius 1 is 1.17 bits per heavy atom. The summed E-state index contributed by atoms with van der Waals surface area (Å²) in [5, 5.41) is 18.1. The molecule has 2 N–H and O–H groups in total. The van der Waals surface area contributed by atoms with Crippen LogP contribution in [-0.2, 0) is 9.59 Å². The first kappa shape index (κ1) is 15.0. The maximum atomic E-state index is 11.1. The molecule has 0 heterocycles. The SMILES string of the molecule is CC(C(C(=O)O)C(=O)O)C(C)(C)CC1CCCC1. The van der Waals surface area contributed by atoms with Crippen LogP contribution in [0.4, 0.5) is 0 Å². The molecule has 0 radical (unpaired) electrons. The second-order valence-corrected chi connectivity index (χ2v) is 6.29. The van der Waals surface area contributed by atoms with Gasteiger partial charge in [-0.05, 0) is 23.7 Å². The summed E-state index contributed by atoms with van der Waals surface area (Å²) < 4.78 is 0. The first-order valence-electron chi connectivity index (χ1n) is 6.71. The van der Waals surface area contributed by atoms with Crippen LogP contribution in [0, 0.1) is 23.2 Å². The van der Waals surface area contributed by atoms with Gasteiger partial charge in [0.2, 0.25) is 0 Å². The summed E-state index contributed by atoms with van der Waals surface area (Å²) in [6.07, 6.45) is 5.81. The van der Waals surface area contributed by atoms with Gasteiger partial charge in [0.25, 0.3) is 0 Å². The molecule has 4 nitrogen and oxygen atoms in total. The van der Waals surface area contributed by atoms with Crippen LogP contribution in [0.25, 0.3) is 0 Å². The van der Waals surface area contributed by atoms with E-state index in [0.717, 1.165) is 6.42 Å². The molecule has 1 rings (SSSR count). The highest BCUT2D eigenvalue weighted by Crippen LogP contribution is 2.42. The molecule has 0 spiro atoms. The monoisotopic (exact) mass is 256 g/mol. The molecule has 4 heteroatoms. The van der Waals surface area contributed by atoms with E-state index in [4.69, 9.17) is 10.2 Å². The van der Waals surface area contributed by atoms with Gasteiger partial charge in [0.1, 0.15) is 0 Å². The van der Waals surface area contributed by atoms with Crippen LogP contribution in [0.3, 0.4) is 0 Å². The molecule has 104 valence electrons. The third-order valence-electron chi connectivity index (χ3n) is 4.55. The van der Waals surface area contributed by atoms with Crippen LogP contribution >= 0.6 is 0 Å². The van der Waals surface area contributed by atoms with Crippen molar-refractivity contribution in [2.45, 2.75) is 52.9 Å². The van der Waals surface area contributed by atoms with E-state index >= 15 is 0 Å². The summed E-state index contributed by atoms with van der Waals surface area (Å²) in [5.74, 6) is -3.50. The van der Waals surface area contributed by atoms with Gasteiger partial charge < -0.3 is 10.2 Å². The number of hydrogen-bond acceptors (Lipinski definition) is 2. The fourth-order valence-corrected chi connectivity index (χ4v) is 3.13. The van der Waals surface area contributed by atoms with Crippen molar-refractivity contribution in [1.29, 1.82) is 0 Å². The molecule has 0 saturated heterocycles. The lowest BCUT2D eigenvalue weighted by Crippen LogP contribution is -2.38. The van der Waals surface area contributed by atoms with Crippen molar-refractivity contribution < 1.29 is 19.8 Å². The van der Waals surface area contributed by atoms with E-state index < -0.39 is 17.9 Å². The Balaban J connectivity index is 2.74. The molecule has 1 fully saturated rings. The van der Waals surface area contributed by atoms with Crippen LogP contribution in [0.5, 0.6) is 0 Å². The standard InChI is InChI=1S/C14H24O4/c1-9(11(12(15)16)13(17)18)14(2,3)8-10-6-4-5-7-10/h9-11H,4-8H2,1-3H3,(H,15,16)(H,17,18). The van der Waals surface area contributed by atoms with Gasteiger partial charge in [0.05, 0.1) is 0 Å². The number of rotatable bonds is 6. The molecule has 1 saturated carbocycles. The number of aliphatic carboxylic acids is 2. The zero-order chi connectivity index (χ0) is 13.9. The first-order chi connectivity index (χ1) is 8.25. The molecule has 1 unspecified atom stereocenters. The molecular weight excluding hydrogens is 232 g/mol. The van der Waals surface area contributed by atoms with Gasteiger partial charge in [-0.15, -0.1) is 0 Å². The molecule has 1 aliphatic carbocycles. The van der Waals surface area contributed by atoms with Crippen molar-refractivity contribution in [3.05, 3.63) is 0 Å². The summed E-state index contributed by atoms with van der Waals surface area (Å²) in [7, 11) is 0. The van der Waals surface area contributed by atoms with Gasteiger partial charge in [-0.1, -0.05) is 46.5 Å². The quantitative estimate of drug-likeness (QED) is 0.716. The highest BCUT2D eigenvalue weighted by molar-refractivity contribution is 5.93. The molecule has 0 aromatic carbocycles. The van der Waals surface area contributed by atoms with E-state index in [9.17, 15) is 9.59 Å². The van der Waals surface area contributed by atoms with Gasteiger partial charge in [0, 0.05) is 0 Å². The zero-order valence-electron chi connectivity index (χ0n) is 11.5. The fourth-order valence-electron chi connectivity index (χ4n) is 3.13. The third kappa shape index (κ3) is 3.47. The van der Waals surface area contributed by atoms with Gasteiger partial charge in [-0.2, -0.15) is 0 Å². The molecule has 0 aromatic rings. The summed E-state index contributed by atoms with van der Waals surface area (Å²) in [6.45, 7) is 5.74. The maximum Gasteiger partial charge on any atom is 0.318 e. The second-order valence-electron chi connectivity index (χ2n) is 6.29. The van der Waals surface area contributed by atoms with Crippen LogP contribution in [-0.4, -0.2) is 22.2 Å². The van der Waals surface area contributed by atoms with Crippen LogP contribution < -0.4 is 0 Å². The smallest absolute Gasteiger partial charge is 0.318 e. The second kappa shape index (κ2) is 5.72. The number of carboxylic acids is 2. The van der Waals surface area contributed by atoms with E-state index in [1.54, 1.807) is 6.92 Å². The van der Waals surface area contributed by atoms with Gasteiger partial charge in [0.15, 0.2) is 5.92 Å². The molecular formula is C14H24O4. The highest BCUT2D eigenvalue weighted by Gasteiger charge is 2.41. The molecule has 0 bridgehead atoms. The van der Waals surface area contributed by atoms with Crippen molar-refractivity contribution in [1.82, 2.24) is 0 Å². The van der Waals surface area contributed by atoms with Crippen molar-refractivity contribution in [2.24, 2.45) is 23.2 Å². The lowest BCUT2D eigenvalue weighted by atomic mass is 9.68. The average Bonchev–Trinajstić information content (AvgIpc) is 2.68. The fraction of sp³-hybridized carbons (Fsp3) is 0.857. The van der Waals surface area contributed by atoms with Gasteiger partial charge in [-0.3, -0.25) is 9.59 Å². The number of carbonyl (C=O) groups is 2. The highest BCUT2D eigenvalue weighted by atomic mass is 16.4.